The Morgan fingerprint density at radius 1 is 0.246 bits per heavy atom. The molecule has 2 unspecified atom stereocenters. The van der Waals surface area contributed by atoms with Crippen LogP contribution >= 0.6 is 0 Å². The van der Waals surface area contributed by atoms with E-state index in [1.165, 1.54) is 193 Å². The molecule has 0 radical (unpaired) electrons. The summed E-state index contributed by atoms with van der Waals surface area (Å²) in [6.45, 7) is 18.3. The van der Waals surface area contributed by atoms with Crippen molar-refractivity contribution in [1.82, 2.24) is 0 Å². The van der Waals surface area contributed by atoms with Gasteiger partial charge in [0.05, 0.1) is 13.2 Å². The van der Waals surface area contributed by atoms with Crippen LogP contribution in [0.5, 0.6) is 0 Å². The Morgan fingerprint density at radius 3 is 0.783 bits per heavy atom. The van der Waals surface area contributed by atoms with Crippen LogP contribution in [0.2, 0.25) is 0 Å². The SMILES string of the molecule is CCCCCCOC(CCCCCCCCCCCC=CC(OCCCC)OC(C=CCCCCCCCCCCCC(OCCCCCC)OCCCCCC)OCCCC)OCCCCCC. The fourth-order valence-corrected chi connectivity index (χ4v) is 8.54. The molecule has 2 atom stereocenters. The zero-order valence-electron chi connectivity index (χ0n) is 47.4. The zero-order chi connectivity index (χ0) is 50.0. The third-order valence-electron chi connectivity index (χ3n) is 13.2. The molecule has 0 aromatic heterocycles. The van der Waals surface area contributed by atoms with Crippen LogP contribution in [-0.2, 0) is 33.2 Å². The van der Waals surface area contributed by atoms with Crippen LogP contribution in [0.1, 0.15) is 311 Å². The van der Waals surface area contributed by atoms with Crippen molar-refractivity contribution in [1.29, 1.82) is 0 Å². The fraction of sp³-hybridized carbons (Fsp3) is 0.935. The minimum atomic E-state index is -0.374. The van der Waals surface area contributed by atoms with Gasteiger partial charge in [0, 0.05) is 26.4 Å². The summed E-state index contributed by atoms with van der Waals surface area (Å²) in [6.07, 6.45) is 60.0. The maximum absolute atomic E-state index is 6.44. The summed E-state index contributed by atoms with van der Waals surface area (Å²) < 4.78 is 43.6. The molecular weight excluding hydrogens is 857 g/mol. The summed E-state index contributed by atoms with van der Waals surface area (Å²) >= 11 is 0. The Morgan fingerprint density at radius 2 is 0.493 bits per heavy atom. The van der Waals surface area contributed by atoms with Gasteiger partial charge in [0.25, 0.3) is 0 Å². The van der Waals surface area contributed by atoms with Crippen molar-refractivity contribution < 1.29 is 33.2 Å². The highest BCUT2D eigenvalue weighted by molar-refractivity contribution is 4.90. The number of unbranched alkanes of at least 4 members (excludes halogenated alkanes) is 32. The third-order valence-corrected chi connectivity index (χ3v) is 13.2. The van der Waals surface area contributed by atoms with E-state index in [4.69, 9.17) is 33.2 Å². The van der Waals surface area contributed by atoms with Crippen LogP contribution in [-0.4, -0.2) is 64.8 Å². The van der Waals surface area contributed by atoms with E-state index in [0.717, 1.165) is 103 Å². The highest BCUT2D eigenvalue weighted by atomic mass is 16.8. The molecule has 0 fully saturated rings. The first-order chi connectivity index (χ1) is 34.1. The lowest BCUT2D eigenvalue weighted by Gasteiger charge is -2.21. The molecule has 0 aliphatic rings. The maximum Gasteiger partial charge on any atom is 0.180 e. The van der Waals surface area contributed by atoms with Crippen molar-refractivity contribution in [2.75, 3.05) is 39.6 Å². The van der Waals surface area contributed by atoms with E-state index >= 15 is 0 Å². The molecule has 69 heavy (non-hydrogen) atoms. The van der Waals surface area contributed by atoms with Crippen molar-refractivity contribution >= 4 is 0 Å². The molecule has 412 valence electrons. The molecule has 0 amide bonds. The predicted octanol–water partition coefficient (Wildman–Crippen LogP) is 20.0. The van der Waals surface area contributed by atoms with Gasteiger partial charge < -0.3 is 33.2 Å². The van der Waals surface area contributed by atoms with Gasteiger partial charge >= 0.3 is 0 Å². The number of hydrogen-bond acceptors (Lipinski definition) is 7. The summed E-state index contributed by atoms with van der Waals surface area (Å²) in [5.74, 6) is 0. The predicted molar refractivity (Wildman–Crippen MR) is 298 cm³/mol. The van der Waals surface area contributed by atoms with Gasteiger partial charge in [-0.15, -0.1) is 0 Å². The minimum absolute atomic E-state index is 0.00258. The smallest absolute Gasteiger partial charge is 0.180 e. The lowest BCUT2D eigenvalue weighted by atomic mass is 10.1. The molecule has 7 heteroatoms. The average molecular weight is 980 g/mol. The van der Waals surface area contributed by atoms with E-state index in [-0.39, 0.29) is 25.2 Å². The summed E-state index contributed by atoms with van der Waals surface area (Å²) in [6, 6.07) is 0. The lowest BCUT2D eigenvalue weighted by molar-refractivity contribution is -0.208. The van der Waals surface area contributed by atoms with E-state index in [9.17, 15) is 0 Å². The summed E-state index contributed by atoms with van der Waals surface area (Å²) in [5.41, 5.74) is 0. The average Bonchev–Trinajstić information content (AvgIpc) is 3.35. The fourth-order valence-electron chi connectivity index (χ4n) is 8.54. The van der Waals surface area contributed by atoms with E-state index in [2.05, 4.69) is 65.8 Å². The van der Waals surface area contributed by atoms with Crippen LogP contribution in [0.25, 0.3) is 0 Å². The molecule has 0 spiro atoms. The van der Waals surface area contributed by atoms with Crippen LogP contribution < -0.4 is 0 Å². The number of ether oxygens (including phenoxy) is 7. The van der Waals surface area contributed by atoms with Crippen molar-refractivity contribution in [3.63, 3.8) is 0 Å². The van der Waals surface area contributed by atoms with Crippen LogP contribution in [0.15, 0.2) is 24.3 Å². The molecule has 0 aromatic rings. The molecule has 0 saturated carbocycles. The van der Waals surface area contributed by atoms with E-state index in [1.807, 2.05) is 0 Å². The first kappa shape index (κ1) is 68.2. The second kappa shape index (κ2) is 59.8. The van der Waals surface area contributed by atoms with Gasteiger partial charge in [-0.05, 0) is 102 Å². The number of hydrogen-bond donors (Lipinski definition) is 0. The molecule has 0 aromatic carbocycles. The Labute approximate surface area is 431 Å². The number of allylic oxidation sites excluding steroid dienone is 2. The topological polar surface area (TPSA) is 64.6 Å². The molecule has 0 bridgehead atoms. The minimum Gasteiger partial charge on any atom is -0.353 e. The molecule has 0 aliphatic heterocycles. The highest BCUT2D eigenvalue weighted by Crippen LogP contribution is 2.18. The standard InChI is InChI=1S/C62H122O7/c1-7-13-19-45-55-63-59(64-56-46-20-14-8-2)49-41-37-33-29-25-23-27-31-35-39-43-51-61(67-53-17-11-5)69-62(68-54-18-12-6)52-44-40-36-32-28-24-26-30-34-38-42-50-60(65-57-47-21-15-9-3)66-58-48-22-16-10-4/h43-44,51-52,59-62H,7-42,45-50,53-58H2,1-6H3. The molecular formula is C62H122O7. The normalized spacial score (nSPS) is 13.1. The van der Waals surface area contributed by atoms with Gasteiger partial charge in [0.2, 0.25) is 0 Å². The summed E-state index contributed by atoms with van der Waals surface area (Å²) in [7, 11) is 0. The van der Waals surface area contributed by atoms with Gasteiger partial charge in [0.15, 0.2) is 25.2 Å². The second-order valence-electron chi connectivity index (χ2n) is 20.3. The van der Waals surface area contributed by atoms with Crippen molar-refractivity contribution in [3.05, 3.63) is 24.3 Å². The Bertz CT molecular complexity index is 886. The molecule has 0 saturated heterocycles. The molecule has 0 heterocycles. The number of rotatable bonds is 60. The van der Waals surface area contributed by atoms with Crippen LogP contribution in [0.3, 0.4) is 0 Å². The largest absolute Gasteiger partial charge is 0.353 e. The monoisotopic (exact) mass is 979 g/mol. The van der Waals surface area contributed by atoms with Crippen molar-refractivity contribution in [2.24, 2.45) is 0 Å². The van der Waals surface area contributed by atoms with Crippen molar-refractivity contribution in [2.45, 2.75) is 336 Å². The van der Waals surface area contributed by atoms with E-state index in [1.54, 1.807) is 0 Å². The zero-order valence-corrected chi connectivity index (χ0v) is 47.4. The molecule has 0 aliphatic carbocycles. The molecule has 7 nitrogen and oxygen atoms in total. The lowest BCUT2D eigenvalue weighted by Crippen LogP contribution is -2.25. The summed E-state index contributed by atoms with van der Waals surface area (Å²) in [4.78, 5) is 0. The third kappa shape index (κ3) is 53.3. The Hall–Kier alpha value is -0.800. The van der Waals surface area contributed by atoms with Gasteiger partial charge in [-0.1, -0.05) is 233 Å². The van der Waals surface area contributed by atoms with Gasteiger partial charge in [-0.3, -0.25) is 0 Å². The highest BCUT2D eigenvalue weighted by Gasteiger charge is 2.14. The summed E-state index contributed by atoms with van der Waals surface area (Å²) in [5, 5.41) is 0. The van der Waals surface area contributed by atoms with Gasteiger partial charge in [0.1, 0.15) is 0 Å². The quantitative estimate of drug-likeness (QED) is 0.0342. The second-order valence-corrected chi connectivity index (χ2v) is 20.3. The Balaban J connectivity index is 4.40. The van der Waals surface area contributed by atoms with E-state index < -0.39 is 0 Å². The van der Waals surface area contributed by atoms with E-state index in [0.29, 0.717) is 13.2 Å². The first-order valence-electron chi connectivity index (χ1n) is 30.8. The molecule has 0 N–H and O–H groups in total. The van der Waals surface area contributed by atoms with Gasteiger partial charge in [-0.2, -0.15) is 0 Å². The Kier molecular flexibility index (Phi) is 59.1. The maximum atomic E-state index is 6.44. The molecule has 0 rings (SSSR count). The van der Waals surface area contributed by atoms with Gasteiger partial charge in [-0.25, -0.2) is 0 Å². The van der Waals surface area contributed by atoms with Crippen molar-refractivity contribution in [3.8, 4) is 0 Å². The first-order valence-corrected chi connectivity index (χ1v) is 30.8. The van der Waals surface area contributed by atoms with Crippen LogP contribution in [0, 0.1) is 0 Å². The van der Waals surface area contributed by atoms with Crippen LogP contribution in [0.4, 0.5) is 0 Å².